The highest BCUT2D eigenvalue weighted by Crippen LogP contribution is 2.13. The van der Waals surface area contributed by atoms with Crippen molar-refractivity contribution < 1.29 is 28.9 Å². The summed E-state index contributed by atoms with van der Waals surface area (Å²) in [7, 11) is 1.14. The average molecular weight is 241 g/mol. The van der Waals surface area contributed by atoms with Crippen LogP contribution in [0.4, 0.5) is 15.3 Å². The van der Waals surface area contributed by atoms with Crippen LogP contribution in [0.25, 0.3) is 0 Å². The second kappa shape index (κ2) is 6.21. The minimum absolute atomic E-state index is 0.0814. The zero-order valence-electron chi connectivity index (χ0n) is 9.00. The van der Waals surface area contributed by atoms with Gasteiger partial charge in [-0.2, -0.15) is 0 Å². The first-order valence-electron chi connectivity index (χ1n) is 4.55. The van der Waals surface area contributed by atoms with Crippen molar-refractivity contribution in [3.05, 3.63) is 24.3 Å². The van der Waals surface area contributed by atoms with Gasteiger partial charge in [0.2, 0.25) is 6.79 Å². The van der Waals surface area contributed by atoms with Crippen LogP contribution in [0.15, 0.2) is 24.3 Å². The molecule has 1 aromatic carbocycles. The number of carbonyl (C=O) groups is 2. The number of aromatic hydroxyl groups is 1. The van der Waals surface area contributed by atoms with Crippen molar-refractivity contribution in [2.24, 2.45) is 0 Å². The Bertz CT molecular complexity index is 388. The molecule has 0 aromatic heterocycles. The molecule has 7 nitrogen and oxygen atoms in total. The Kier molecular flexibility index (Phi) is 4.61. The highest BCUT2D eigenvalue weighted by atomic mass is 16.8. The largest absolute Gasteiger partial charge is 0.510 e. The first-order valence-corrected chi connectivity index (χ1v) is 4.55. The molecule has 1 aromatic rings. The minimum atomic E-state index is -0.942. The molecule has 0 saturated heterocycles. The number of methoxy groups -OCH3 is 1. The topological polar surface area (TPSA) is 94.1 Å². The van der Waals surface area contributed by atoms with E-state index in [-0.39, 0.29) is 5.75 Å². The van der Waals surface area contributed by atoms with Crippen LogP contribution in [0.1, 0.15) is 0 Å². The molecule has 0 aliphatic rings. The Balaban J connectivity index is 2.30. The Morgan fingerprint density at radius 2 is 1.88 bits per heavy atom. The number of hydrogen-bond acceptors (Lipinski definition) is 6. The lowest BCUT2D eigenvalue weighted by Gasteiger charge is -2.06. The molecule has 0 saturated carbocycles. The summed E-state index contributed by atoms with van der Waals surface area (Å²) in [5.74, 6) is 0.0814. The zero-order chi connectivity index (χ0) is 12.7. The molecule has 0 unspecified atom stereocenters. The maximum Gasteiger partial charge on any atom is 0.510 e. The van der Waals surface area contributed by atoms with E-state index in [1.807, 2.05) is 0 Å². The van der Waals surface area contributed by atoms with E-state index >= 15 is 0 Å². The number of rotatable bonds is 3. The van der Waals surface area contributed by atoms with Crippen molar-refractivity contribution in [1.29, 1.82) is 0 Å². The van der Waals surface area contributed by atoms with Crippen LogP contribution in [-0.4, -0.2) is 31.3 Å². The molecule has 7 heteroatoms. The van der Waals surface area contributed by atoms with E-state index in [9.17, 15) is 9.59 Å². The predicted molar refractivity (Wildman–Crippen MR) is 56.6 cm³/mol. The van der Waals surface area contributed by atoms with E-state index in [1.54, 1.807) is 0 Å². The second-order valence-corrected chi connectivity index (χ2v) is 2.82. The molecule has 0 aliphatic carbocycles. The minimum Gasteiger partial charge on any atom is -0.508 e. The van der Waals surface area contributed by atoms with Gasteiger partial charge in [0.15, 0.2) is 0 Å². The smallest absolute Gasteiger partial charge is 0.508 e. The molecule has 92 valence electrons. The number of phenols is 1. The van der Waals surface area contributed by atoms with Gasteiger partial charge in [0.1, 0.15) is 5.75 Å². The first-order chi connectivity index (χ1) is 8.11. The van der Waals surface area contributed by atoms with E-state index in [4.69, 9.17) is 5.11 Å². The summed E-state index contributed by atoms with van der Waals surface area (Å²) in [4.78, 5) is 21.6. The standard InChI is InChI=1S/C10H11NO6/c1-15-10(14)17-6-16-9(13)11-7-2-4-8(12)5-3-7/h2-5,12H,6H2,1H3,(H,11,13). The lowest BCUT2D eigenvalue weighted by atomic mass is 10.3. The third kappa shape index (κ3) is 4.74. The molecule has 0 bridgehead atoms. The van der Waals surface area contributed by atoms with Crippen molar-refractivity contribution in [3.8, 4) is 5.75 Å². The summed E-state index contributed by atoms with van der Waals surface area (Å²) in [5, 5.41) is 11.4. The van der Waals surface area contributed by atoms with Gasteiger partial charge in [-0.05, 0) is 24.3 Å². The van der Waals surface area contributed by atoms with Crippen LogP contribution in [-0.2, 0) is 14.2 Å². The van der Waals surface area contributed by atoms with E-state index in [0.29, 0.717) is 5.69 Å². The maximum absolute atomic E-state index is 11.1. The van der Waals surface area contributed by atoms with Crippen molar-refractivity contribution in [3.63, 3.8) is 0 Å². The van der Waals surface area contributed by atoms with Crippen molar-refractivity contribution in [1.82, 2.24) is 0 Å². The van der Waals surface area contributed by atoms with Gasteiger partial charge in [-0.25, -0.2) is 9.59 Å². The number of amides is 1. The van der Waals surface area contributed by atoms with Crippen LogP contribution in [0.2, 0.25) is 0 Å². The number of phenolic OH excluding ortho intramolecular Hbond substituents is 1. The van der Waals surface area contributed by atoms with E-state index in [1.165, 1.54) is 24.3 Å². The van der Waals surface area contributed by atoms with Gasteiger partial charge < -0.3 is 19.3 Å². The Morgan fingerprint density at radius 1 is 1.24 bits per heavy atom. The lowest BCUT2D eigenvalue weighted by Crippen LogP contribution is -2.17. The summed E-state index contributed by atoms with van der Waals surface area (Å²) in [6.45, 7) is -0.545. The summed E-state index contributed by atoms with van der Waals surface area (Å²) in [6, 6.07) is 5.77. The molecule has 0 atom stereocenters. The number of anilines is 1. The van der Waals surface area contributed by atoms with Crippen LogP contribution in [0, 0.1) is 0 Å². The maximum atomic E-state index is 11.1. The van der Waals surface area contributed by atoms with Crippen molar-refractivity contribution in [2.75, 3.05) is 19.2 Å². The molecule has 1 rings (SSSR count). The molecule has 0 aliphatic heterocycles. The van der Waals surface area contributed by atoms with Gasteiger partial charge >= 0.3 is 12.2 Å². The van der Waals surface area contributed by atoms with Crippen LogP contribution < -0.4 is 5.32 Å². The average Bonchev–Trinajstić information content (AvgIpc) is 2.32. The normalized spacial score (nSPS) is 9.24. The molecular weight excluding hydrogens is 230 g/mol. The molecule has 17 heavy (non-hydrogen) atoms. The van der Waals surface area contributed by atoms with E-state index in [2.05, 4.69) is 19.5 Å². The van der Waals surface area contributed by atoms with Crippen LogP contribution in [0.3, 0.4) is 0 Å². The number of nitrogens with one attached hydrogen (secondary N) is 1. The fourth-order valence-corrected chi connectivity index (χ4v) is 0.889. The van der Waals surface area contributed by atoms with Crippen molar-refractivity contribution in [2.45, 2.75) is 0 Å². The lowest BCUT2D eigenvalue weighted by molar-refractivity contribution is -0.00310. The van der Waals surface area contributed by atoms with E-state index < -0.39 is 19.0 Å². The Hall–Kier alpha value is -2.44. The quantitative estimate of drug-likeness (QED) is 0.475. The van der Waals surface area contributed by atoms with E-state index in [0.717, 1.165) is 7.11 Å². The summed E-state index contributed by atoms with van der Waals surface area (Å²) >= 11 is 0. The third-order valence-corrected chi connectivity index (χ3v) is 1.65. The predicted octanol–water partition coefficient (Wildman–Crippen LogP) is 1.68. The SMILES string of the molecule is COC(=O)OCOC(=O)Nc1ccc(O)cc1. The number of benzene rings is 1. The van der Waals surface area contributed by atoms with Gasteiger partial charge in [0, 0.05) is 5.69 Å². The Labute approximate surface area is 96.9 Å². The number of carbonyl (C=O) groups excluding carboxylic acids is 2. The summed E-state index contributed by atoms with van der Waals surface area (Å²) < 4.78 is 13.0. The molecule has 0 spiro atoms. The monoisotopic (exact) mass is 241 g/mol. The highest BCUT2D eigenvalue weighted by molar-refractivity contribution is 5.84. The molecular formula is C10H11NO6. The van der Waals surface area contributed by atoms with Crippen LogP contribution in [0.5, 0.6) is 5.75 Å². The van der Waals surface area contributed by atoms with Crippen LogP contribution >= 0.6 is 0 Å². The molecule has 1 amide bonds. The molecule has 0 radical (unpaired) electrons. The van der Waals surface area contributed by atoms with Crippen molar-refractivity contribution >= 4 is 17.9 Å². The fraction of sp³-hybridized carbons (Fsp3) is 0.200. The van der Waals surface area contributed by atoms with Gasteiger partial charge in [-0.15, -0.1) is 0 Å². The highest BCUT2D eigenvalue weighted by Gasteiger charge is 2.05. The summed E-state index contributed by atoms with van der Waals surface area (Å²) in [5.41, 5.74) is 0.436. The molecule has 0 heterocycles. The second-order valence-electron chi connectivity index (χ2n) is 2.82. The number of ether oxygens (including phenoxy) is 3. The van der Waals surface area contributed by atoms with Gasteiger partial charge in [-0.1, -0.05) is 0 Å². The van der Waals surface area contributed by atoms with Gasteiger partial charge in [-0.3, -0.25) is 5.32 Å². The molecule has 2 N–H and O–H groups in total. The van der Waals surface area contributed by atoms with Gasteiger partial charge in [0.25, 0.3) is 0 Å². The first kappa shape index (κ1) is 12.6. The Morgan fingerprint density at radius 3 is 2.47 bits per heavy atom. The number of hydrogen-bond donors (Lipinski definition) is 2. The zero-order valence-corrected chi connectivity index (χ0v) is 9.00. The fourth-order valence-electron chi connectivity index (χ4n) is 0.889. The van der Waals surface area contributed by atoms with Gasteiger partial charge in [0.05, 0.1) is 7.11 Å². The molecule has 0 fully saturated rings. The third-order valence-electron chi connectivity index (χ3n) is 1.65. The summed E-state index contributed by atoms with van der Waals surface area (Å²) in [6.07, 6.45) is -1.73.